The molecule has 2 heterocycles. The van der Waals surface area contributed by atoms with Crippen LogP contribution in [0.4, 0.5) is 13.2 Å². The molecule has 0 amide bonds. The maximum absolute atomic E-state index is 12.5. The third kappa shape index (κ3) is 4.73. The first-order chi connectivity index (χ1) is 11.9. The number of rotatable bonds is 6. The minimum atomic E-state index is -4.31. The van der Waals surface area contributed by atoms with E-state index in [0.717, 1.165) is 32.9 Å². The third-order valence-corrected chi connectivity index (χ3v) is 5.10. The zero-order valence-electron chi connectivity index (χ0n) is 13.0. The molecule has 0 saturated heterocycles. The van der Waals surface area contributed by atoms with Gasteiger partial charge < -0.3 is 4.74 Å². The maximum atomic E-state index is 12.5. The van der Waals surface area contributed by atoms with Crippen LogP contribution in [0.5, 0.6) is 5.75 Å². The molecule has 0 fully saturated rings. The van der Waals surface area contributed by atoms with Crippen molar-refractivity contribution in [3.05, 3.63) is 41.7 Å². The Bertz CT molecular complexity index is 847. The second-order valence-corrected chi connectivity index (χ2v) is 6.82. The minimum Gasteiger partial charge on any atom is -0.497 e. The van der Waals surface area contributed by atoms with E-state index in [1.54, 1.807) is 7.11 Å². The number of thiazole rings is 1. The van der Waals surface area contributed by atoms with Crippen molar-refractivity contribution in [2.45, 2.75) is 23.6 Å². The van der Waals surface area contributed by atoms with Crippen LogP contribution in [0.2, 0.25) is 0 Å². The molecular formula is C15H13F3N4OS2. The van der Waals surface area contributed by atoms with Crippen LogP contribution < -0.4 is 4.74 Å². The van der Waals surface area contributed by atoms with E-state index in [9.17, 15) is 13.2 Å². The van der Waals surface area contributed by atoms with Gasteiger partial charge >= 0.3 is 6.18 Å². The van der Waals surface area contributed by atoms with Gasteiger partial charge in [0.05, 0.1) is 12.8 Å². The van der Waals surface area contributed by atoms with Gasteiger partial charge in [-0.25, -0.2) is 4.98 Å². The van der Waals surface area contributed by atoms with Crippen molar-refractivity contribution in [3.8, 4) is 16.3 Å². The van der Waals surface area contributed by atoms with Crippen molar-refractivity contribution in [2.24, 2.45) is 0 Å². The molecule has 10 heteroatoms. The van der Waals surface area contributed by atoms with E-state index in [2.05, 4.69) is 15.2 Å². The molecule has 25 heavy (non-hydrogen) atoms. The van der Waals surface area contributed by atoms with Crippen LogP contribution in [0.3, 0.4) is 0 Å². The molecule has 0 atom stereocenters. The van der Waals surface area contributed by atoms with Crippen LogP contribution in [0.25, 0.3) is 10.6 Å². The van der Waals surface area contributed by atoms with Crippen LogP contribution in [0.1, 0.15) is 5.69 Å². The van der Waals surface area contributed by atoms with Gasteiger partial charge in [0.2, 0.25) is 0 Å². The van der Waals surface area contributed by atoms with E-state index >= 15 is 0 Å². The number of hydrogen-bond acceptors (Lipinski definition) is 6. The van der Waals surface area contributed by atoms with Crippen LogP contribution >= 0.6 is 23.1 Å². The lowest BCUT2D eigenvalue weighted by Gasteiger charge is -2.08. The largest absolute Gasteiger partial charge is 0.497 e. The van der Waals surface area contributed by atoms with Crippen LogP contribution in [-0.2, 0) is 12.3 Å². The molecule has 0 saturated carbocycles. The van der Waals surface area contributed by atoms with Crippen LogP contribution in [0, 0.1) is 0 Å². The highest BCUT2D eigenvalue weighted by Crippen LogP contribution is 2.29. The summed E-state index contributed by atoms with van der Waals surface area (Å²) in [4.78, 5) is 4.52. The Kier molecular flexibility index (Phi) is 5.28. The highest BCUT2D eigenvalue weighted by Gasteiger charge is 2.29. The summed E-state index contributed by atoms with van der Waals surface area (Å²) in [6.07, 6.45) is -3.23. The first-order valence-electron chi connectivity index (χ1n) is 7.11. The van der Waals surface area contributed by atoms with Crippen molar-refractivity contribution in [1.29, 1.82) is 0 Å². The van der Waals surface area contributed by atoms with Gasteiger partial charge in [0.1, 0.15) is 23.6 Å². The Morgan fingerprint density at radius 3 is 2.92 bits per heavy atom. The Morgan fingerprint density at radius 2 is 2.16 bits per heavy atom. The molecule has 3 rings (SSSR count). The fraction of sp³-hybridized carbons (Fsp3) is 0.267. The lowest BCUT2D eigenvalue weighted by atomic mass is 10.2. The highest BCUT2D eigenvalue weighted by atomic mass is 32.2. The summed E-state index contributed by atoms with van der Waals surface area (Å²) in [7, 11) is 1.60. The van der Waals surface area contributed by atoms with Crippen molar-refractivity contribution >= 4 is 23.1 Å². The monoisotopic (exact) mass is 386 g/mol. The Hall–Kier alpha value is -2.07. The summed E-state index contributed by atoms with van der Waals surface area (Å²) in [6.45, 7) is -1.10. The van der Waals surface area contributed by atoms with Crippen LogP contribution in [-0.4, -0.2) is 33.0 Å². The number of halogens is 3. The number of aromatic nitrogens is 4. The molecule has 1 aromatic carbocycles. The molecule has 0 unspecified atom stereocenters. The van der Waals surface area contributed by atoms with E-state index < -0.39 is 12.7 Å². The summed E-state index contributed by atoms with van der Waals surface area (Å²) in [5.74, 6) is 1.15. The molecule has 0 radical (unpaired) electrons. The van der Waals surface area contributed by atoms with Gasteiger partial charge in [-0.2, -0.15) is 13.2 Å². The van der Waals surface area contributed by atoms with Gasteiger partial charge in [-0.05, 0) is 12.1 Å². The summed E-state index contributed by atoms with van der Waals surface area (Å²) in [6, 6.07) is 7.54. The van der Waals surface area contributed by atoms with E-state index in [1.165, 1.54) is 23.1 Å². The Labute approximate surface area is 149 Å². The zero-order chi connectivity index (χ0) is 17.9. The topological polar surface area (TPSA) is 52.8 Å². The highest BCUT2D eigenvalue weighted by molar-refractivity contribution is 7.98. The lowest BCUT2D eigenvalue weighted by Crippen LogP contribution is -2.17. The van der Waals surface area contributed by atoms with Gasteiger partial charge in [0, 0.05) is 16.7 Å². The molecular weight excluding hydrogens is 373 g/mol. The summed E-state index contributed by atoms with van der Waals surface area (Å²) in [5.41, 5.74) is 1.70. The van der Waals surface area contributed by atoms with E-state index in [1.807, 2.05) is 29.6 Å². The predicted molar refractivity (Wildman–Crippen MR) is 89.7 cm³/mol. The fourth-order valence-electron chi connectivity index (χ4n) is 2.06. The molecule has 0 aliphatic heterocycles. The number of hydrogen-bond donors (Lipinski definition) is 0. The third-order valence-electron chi connectivity index (χ3n) is 3.15. The molecule has 0 spiro atoms. The zero-order valence-corrected chi connectivity index (χ0v) is 14.7. The predicted octanol–water partition coefficient (Wildman–Crippen LogP) is 4.26. The van der Waals surface area contributed by atoms with Gasteiger partial charge in [0.15, 0.2) is 5.16 Å². The molecule has 0 bridgehead atoms. The average Bonchev–Trinajstić information content (AvgIpc) is 3.21. The number of ether oxygens (including phenoxy) is 1. The van der Waals surface area contributed by atoms with E-state index in [4.69, 9.17) is 4.74 Å². The number of nitrogens with zero attached hydrogens (tertiary/aromatic N) is 4. The smallest absolute Gasteiger partial charge is 0.406 e. The quantitative estimate of drug-likeness (QED) is 0.593. The SMILES string of the molecule is COc1cccc(-c2nc(CSc3nncn3CC(F)(F)F)cs2)c1. The number of benzene rings is 1. The van der Waals surface area contributed by atoms with E-state index in [0.29, 0.717) is 5.75 Å². The number of thioether (sulfide) groups is 1. The number of methoxy groups -OCH3 is 1. The normalized spacial score (nSPS) is 11.7. The molecule has 3 aromatic rings. The molecule has 0 N–H and O–H groups in total. The second kappa shape index (κ2) is 7.44. The van der Waals surface area contributed by atoms with Crippen molar-refractivity contribution < 1.29 is 17.9 Å². The lowest BCUT2D eigenvalue weighted by molar-refractivity contribution is -0.142. The summed E-state index contributed by atoms with van der Waals surface area (Å²) in [5, 5.41) is 10.2. The summed E-state index contributed by atoms with van der Waals surface area (Å²) < 4.78 is 43.7. The Morgan fingerprint density at radius 1 is 1.32 bits per heavy atom. The van der Waals surface area contributed by atoms with Crippen molar-refractivity contribution in [3.63, 3.8) is 0 Å². The average molecular weight is 386 g/mol. The molecule has 132 valence electrons. The molecule has 2 aromatic heterocycles. The molecule has 0 aliphatic rings. The molecule has 0 aliphatic carbocycles. The van der Waals surface area contributed by atoms with E-state index in [-0.39, 0.29) is 5.16 Å². The van der Waals surface area contributed by atoms with Crippen molar-refractivity contribution in [2.75, 3.05) is 7.11 Å². The number of alkyl halides is 3. The second-order valence-electron chi connectivity index (χ2n) is 5.02. The van der Waals surface area contributed by atoms with Crippen molar-refractivity contribution in [1.82, 2.24) is 19.7 Å². The van der Waals surface area contributed by atoms with Gasteiger partial charge in [-0.3, -0.25) is 4.57 Å². The standard InChI is InChI=1S/C15H13F3N4OS2/c1-23-12-4-2-3-10(5-12)13-20-11(6-24-13)7-25-14-21-19-9-22(14)8-15(16,17)18/h2-6,9H,7-8H2,1H3. The van der Waals surface area contributed by atoms with Gasteiger partial charge in [-0.1, -0.05) is 23.9 Å². The first kappa shape index (κ1) is 17.7. The van der Waals surface area contributed by atoms with Gasteiger partial charge in [-0.15, -0.1) is 21.5 Å². The van der Waals surface area contributed by atoms with Gasteiger partial charge in [0.25, 0.3) is 0 Å². The Balaban J connectivity index is 1.67. The summed E-state index contributed by atoms with van der Waals surface area (Å²) >= 11 is 2.64. The minimum absolute atomic E-state index is 0.216. The van der Waals surface area contributed by atoms with Crippen LogP contribution in [0.15, 0.2) is 41.1 Å². The first-order valence-corrected chi connectivity index (χ1v) is 8.97. The maximum Gasteiger partial charge on any atom is 0.406 e. The fourth-order valence-corrected chi connectivity index (χ4v) is 3.79. The molecule has 5 nitrogen and oxygen atoms in total.